The van der Waals surface area contributed by atoms with Crippen LogP contribution in [0.2, 0.25) is 0 Å². The van der Waals surface area contributed by atoms with Crippen molar-refractivity contribution in [1.29, 1.82) is 5.26 Å². The molecular weight excluding hydrogens is 429 g/mol. The van der Waals surface area contributed by atoms with Crippen LogP contribution in [0.25, 0.3) is 22.0 Å². The van der Waals surface area contributed by atoms with E-state index >= 15 is 0 Å². The molecule has 150 valence electrons. The Balaban J connectivity index is 1.85. The molecule has 0 aliphatic rings. The Morgan fingerprint density at radius 1 is 1.23 bits per heavy atom. The molecular formula is C19H12FN5O3S2. The van der Waals surface area contributed by atoms with Gasteiger partial charge in [-0.1, -0.05) is 17.4 Å². The first kappa shape index (κ1) is 19.7. The van der Waals surface area contributed by atoms with Crippen LogP contribution in [0.5, 0.6) is 5.75 Å². The second-order valence-corrected chi connectivity index (χ2v) is 8.55. The normalized spacial score (nSPS) is 11.2. The number of fused-ring (bicyclic) bond motifs is 1. The third-order valence-corrected chi connectivity index (χ3v) is 6.37. The summed E-state index contributed by atoms with van der Waals surface area (Å²) in [6.45, 7) is 0. The predicted molar refractivity (Wildman–Crippen MR) is 109 cm³/mol. The standard InChI is InChI=1S/C19H12FN5O3S2/c1-28-17-8-16(20)12(9-21)7-15(17)18-14-3-2-13(6-11(14)4-5-22-18)30(26,27)25-19-24-23-10-29-19/h2-8,10H,1H3,(H,24,25). The minimum absolute atomic E-state index is 0.0335. The summed E-state index contributed by atoms with van der Waals surface area (Å²) < 4.78 is 46.9. The van der Waals surface area contributed by atoms with E-state index in [1.54, 1.807) is 18.2 Å². The van der Waals surface area contributed by atoms with Crippen molar-refractivity contribution in [3.05, 3.63) is 59.5 Å². The van der Waals surface area contributed by atoms with Crippen LogP contribution in [0.4, 0.5) is 9.52 Å². The monoisotopic (exact) mass is 441 g/mol. The number of nitrogens with zero attached hydrogens (tertiary/aromatic N) is 4. The minimum atomic E-state index is -3.86. The fraction of sp³-hybridized carbons (Fsp3) is 0.0526. The molecule has 2 heterocycles. The maximum absolute atomic E-state index is 14.0. The van der Waals surface area contributed by atoms with Crippen molar-refractivity contribution in [2.75, 3.05) is 11.8 Å². The molecule has 0 aliphatic heterocycles. The summed E-state index contributed by atoms with van der Waals surface area (Å²) in [6, 6.07) is 10.5. The topological polar surface area (TPSA) is 118 Å². The van der Waals surface area contributed by atoms with Crippen molar-refractivity contribution in [2.24, 2.45) is 0 Å². The van der Waals surface area contributed by atoms with Gasteiger partial charge in [-0.25, -0.2) is 12.8 Å². The number of methoxy groups -OCH3 is 1. The number of rotatable bonds is 5. The van der Waals surface area contributed by atoms with Crippen molar-refractivity contribution in [2.45, 2.75) is 4.90 Å². The minimum Gasteiger partial charge on any atom is -0.496 e. The van der Waals surface area contributed by atoms with E-state index < -0.39 is 15.8 Å². The maximum atomic E-state index is 14.0. The molecule has 0 saturated heterocycles. The second-order valence-electron chi connectivity index (χ2n) is 6.04. The zero-order valence-electron chi connectivity index (χ0n) is 15.3. The van der Waals surface area contributed by atoms with Gasteiger partial charge in [0.25, 0.3) is 10.0 Å². The molecule has 1 N–H and O–H groups in total. The van der Waals surface area contributed by atoms with E-state index in [2.05, 4.69) is 19.9 Å². The number of halogens is 1. The van der Waals surface area contributed by atoms with Crippen LogP contribution < -0.4 is 9.46 Å². The number of sulfonamides is 1. The molecule has 8 nitrogen and oxygen atoms in total. The van der Waals surface area contributed by atoms with E-state index in [0.717, 1.165) is 17.4 Å². The SMILES string of the molecule is COc1cc(F)c(C#N)cc1-c1nccc2cc(S(=O)(=O)Nc3nncs3)ccc12. The molecule has 0 radical (unpaired) electrons. The molecule has 0 aliphatic carbocycles. The van der Waals surface area contributed by atoms with E-state index in [-0.39, 0.29) is 21.3 Å². The number of pyridine rings is 1. The lowest BCUT2D eigenvalue weighted by atomic mass is 10.0. The van der Waals surface area contributed by atoms with Gasteiger partial charge < -0.3 is 4.74 Å². The zero-order chi connectivity index (χ0) is 21.3. The molecule has 0 saturated carbocycles. The van der Waals surface area contributed by atoms with Gasteiger partial charge in [0.2, 0.25) is 5.13 Å². The van der Waals surface area contributed by atoms with Crippen LogP contribution in [-0.4, -0.2) is 30.7 Å². The smallest absolute Gasteiger partial charge is 0.263 e. The number of benzene rings is 2. The van der Waals surface area contributed by atoms with Crippen LogP contribution in [0.15, 0.2) is 53.0 Å². The molecule has 2 aromatic carbocycles. The van der Waals surface area contributed by atoms with Gasteiger partial charge >= 0.3 is 0 Å². The van der Waals surface area contributed by atoms with Gasteiger partial charge in [0.1, 0.15) is 23.1 Å². The summed E-state index contributed by atoms with van der Waals surface area (Å²) in [5, 5.41) is 17.8. The van der Waals surface area contributed by atoms with E-state index in [1.807, 2.05) is 0 Å². The number of ether oxygens (including phenoxy) is 1. The number of nitriles is 1. The molecule has 0 unspecified atom stereocenters. The van der Waals surface area contributed by atoms with E-state index in [4.69, 9.17) is 10.00 Å². The fourth-order valence-corrected chi connectivity index (χ4v) is 4.65. The van der Waals surface area contributed by atoms with E-state index in [0.29, 0.717) is 22.0 Å². The number of aromatic nitrogens is 3. The lowest BCUT2D eigenvalue weighted by Gasteiger charge is -2.12. The highest BCUT2D eigenvalue weighted by Crippen LogP contribution is 2.36. The van der Waals surface area contributed by atoms with Crippen LogP contribution in [0.3, 0.4) is 0 Å². The average molecular weight is 441 g/mol. The van der Waals surface area contributed by atoms with Gasteiger partial charge in [-0.2, -0.15) is 5.26 Å². The second kappa shape index (κ2) is 7.66. The highest BCUT2D eigenvalue weighted by atomic mass is 32.2. The first-order valence-corrected chi connectivity index (χ1v) is 10.7. The number of nitrogens with one attached hydrogen (secondary N) is 1. The molecule has 4 aromatic rings. The van der Waals surface area contributed by atoms with Gasteiger partial charge in [0, 0.05) is 23.2 Å². The van der Waals surface area contributed by atoms with Gasteiger partial charge in [-0.3, -0.25) is 9.71 Å². The molecule has 0 amide bonds. The highest BCUT2D eigenvalue weighted by Gasteiger charge is 2.19. The molecule has 0 spiro atoms. The Hall–Kier alpha value is -3.62. The summed E-state index contributed by atoms with van der Waals surface area (Å²) in [5.41, 5.74) is 2.12. The van der Waals surface area contributed by atoms with Gasteiger partial charge in [0.15, 0.2) is 0 Å². The van der Waals surface area contributed by atoms with Crippen molar-refractivity contribution < 1.29 is 17.5 Å². The molecule has 0 atom stereocenters. The highest BCUT2D eigenvalue weighted by molar-refractivity contribution is 7.93. The Morgan fingerprint density at radius 2 is 2.07 bits per heavy atom. The quantitative estimate of drug-likeness (QED) is 0.503. The van der Waals surface area contributed by atoms with Gasteiger partial charge in [-0.15, -0.1) is 10.2 Å². The summed E-state index contributed by atoms with van der Waals surface area (Å²) in [4.78, 5) is 4.38. The van der Waals surface area contributed by atoms with Crippen LogP contribution in [-0.2, 0) is 10.0 Å². The third-order valence-electron chi connectivity index (χ3n) is 4.29. The number of hydrogen-bond donors (Lipinski definition) is 1. The van der Waals surface area contributed by atoms with Crippen molar-refractivity contribution in [1.82, 2.24) is 15.2 Å². The summed E-state index contributed by atoms with van der Waals surface area (Å²) in [7, 11) is -2.47. The summed E-state index contributed by atoms with van der Waals surface area (Å²) >= 11 is 1.06. The Kier molecular flexibility index (Phi) is 5.03. The van der Waals surface area contributed by atoms with Crippen LogP contribution >= 0.6 is 11.3 Å². The third kappa shape index (κ3) is 3.54. The Labute approximate surface area is 174 Å². The van der Waals surface area contributed by atoms with E-state index in [9.17, 15) is 12.8 Å². The largest absolute Gasteiger partial charge is 0.496 e. The van der Waals surface area contributed by atoms with Gasteiger partial charge in [0.05, 0.1) is 23.3 Å². The van der Waals surface area contributed by atoms with E-state index in [1.165, 1.54) is 37.0 Å². The van der Waals surface area contributed by atoms with Crippen LogP contribution in [0.1, 0.15) is 5.56 Å². The van der Waals surface area contributed by atoms with Gasteiger partial charge in [-0.05, 0) is 29.7 Å². The molecule has 30 heavy (non-hydrogen) atoms. The Morgan fingerprint density at radius 3 is 2.77 bits per heavy atom. The lowest BCUT2D eigenvalue weighted by Crippen LogP contribution is -2.12. The summed E-state index contributed by atoms with van der Waals surface area (Å²) in [5.74, 6) is -0.490. The van der Waals surface area contributed by atoms with Crippen LogP contribution in [0, 0.1) is 17.1 Å². The summed E-state index contributed by atoms with van der Waals surface area (Å²) in [6.07, 6.45) is 1.50. The molecule has 0 fully saturated rings. The zero-order valence-corrected chi connectivity index (χ0v) is 17.0. The molecule has 11 heteroatoms. The first-order chi connectivity index (χ1) is 14.4. The fourth-order valence-electron chi connectivity index (χ4n) is 2.92. The van der Waals surface area contributed by atoms with Crippen molar-refractivity contribution in [3.63, 3.8) is 0 Å². The molecule has 2 aromatic heterocycles. The molecule has 0 bridgehead atoms. The first-order valence-electron chi connectivity index (χ1n) is 8.38. The Bertz CT molecular complexity index is 1400. The van der Waals surface area contributed by atoms with Crippen molar-refractivity contribution >= 4 is 37.3 Å². The lowest BCUT2D eigenvalue weighted by molar-refractivity contribution is 0.412. The number of hydrogen-bond acceptors (Lipinski definition) is 8. The number of anilines is 1. The predicted octanol–water partition coefficient (Wildman–Crippen LogP) is 3.57. The maximum Gasteiger partial charge on any atom is 0.263 e. The molecule has 4 rings (SSSR count). The van der Waals surface area contributed by atoms with Crippen molar-refractivity contribution in [3.8, 4) is 23.1 Å². The average Bonchev–Trinajstić information content (AvgIpc) is 3.25.